The molecule has 0 radical (unpaired) electrons. The first-order chi connectivity index (χ1) is 5.04. The fourth-order valence-corrected chi connectivity index (χ4v) is 0.356. The van der Waals surface area contributed by atoms with Gasteiger partial charge in [-0.15, -0.1) is 0 Å². The normalized spacial score (nSPS) is 9.73. The predicted molar refractivity (Wildman–Crippen MR) is 46.0 cm³/mol. The Morgan fingerprint density at radius 3 is 1.82 bits per heavy atom. The van der Waals surface area contributed by atoms with Gasteiger partial charge >= 0.3 is 0 Å². The highest BCUT2D eigenvalue weighted by Crippen LogP contribution is 2.12. The van der Waals surface area contributed by atoms with E-state index in [1.165, 1.54) is 0 Å². The highest BCUT2D eigenvalue weighted by molar-refractivity contribution is 6.30. The molecule has 11 heavy (non-hydrogen) atoms. The summed E-state index contributed by atoms with van der Waals surface area (Å²) in [5.41, 5.74) is 0.358. The number of alkyl halides is 1. The monoisotopic (exact) mass is 180 g/mol. The summed E-state index contributed by atoms with van der Waals surface area (Å²) < 4.78 is 21.9. The van der Waals surface area contributed by atoms with Crippen molar-refractivity contribution < 1.29 is 8.78 Å². The van der Waals surface area contributed by atoms with E-state index in [1.807, 2.05) is 0 Å². The summed E-state index contributed by atoms with van der Waals surface area (Å²) in [6, 6.07) is 0. The van der Waals surface area contributed by atoms with Crippen molar-refractivity contribution >= 4 is 11.6 Å². The molecule has 0 aliphatic rings. The second-order valence-electron chi connectivity index (χ2n) is 1.72. The maximum Gasteiger partial charge on any atom is 0.126 e. The lowest BCUT2D eigenvalue weighted by atomic mass is 10.3. The van der Waals surface area contributed by atoms with Gasteiger partial charge in [0.2, 0.25) is 0 Å². The van der Waals surface area contributed by atoms with Gasteiger partial charge in [0.25, 0.3) is 0 Å². The third-order valence-electron chi connectivity index (χ3n) is 0.691. The van der Waals surface area contributed by atoms with E-state index in [9.17, 15) is 8.78 Å². The van der Waals surface area contributed by atoms with Gasteiger partial charge in [-0.25, -0.2) is 4.39 Å². The molecule has 0 aromatic carbocycles. The lowest BCUT2D eigenvalue weighted by Crippen LogP contribution is -1.72. The Bertz CT molecular complexity index is 171. The smallest absolute Gasteiger partial charge is 0.126 e. The van der Waals surface area contributed by atoms with Crippen LogP contribution in [0.4, 0.5) is 8.78 Å². The standard InChI is InChI=1S/C7H8ClF.CH3F/c1-5(2)7(9)4-6(3)8;1-2/h4H,1,3H2,2H3;1H3/b7-4+;. The first kappa shape index (κ1) is 13.0. The van der Waals surface area contributed by atoms with E-state index < -0.39 is 5.83 Å². The molecule has 0 bridgehead atoms. The van der Waals surface area contributed by atoms with Crippen LogP contribution in [-0.4, -0.2) is 7.18 Å². The molecule has 0 aromatic rings. The van der Waals surface area contributed by atoms with Gasteiger partial charge in [0, 0.05) is 5.03 Å². The highest BCUT2D eigenvalue weighted by Gasteiger charge is 1.92. The molecule has 0 unspecified atom stereocenters. The molecule has 0 saturated heterocycles. The zero-order valence-corrected chi connectivity index (χ0v) is 7.38. The maximum absolute atomic E-state index is 12.4. The molecule has 0 spiro atoms. The summed E-state index contributed by atoms with van der Waals surface area (Å²) in [7, 11) is 0.500. The summed E-state index contributed by atoms with van der Waals surface area (Å²) in [5, 5.41) is 0.176. The number of rotatable bonds is 2. The van der Waals surface area contributed by atoms with Gasteiger partial charge in [-0.2, -0.15) is 0 Å². The average molecular weight is 181 g/mol. The molecule has 0 nitrogen and oxygen atoms in total. The fraction of sp³-hybridized carbons (Fsp3) is 0.250. The Labute approximate surface area is 70.9 Å². The third kappa shape index (κ3) is 9.37. The van der Waals surface area contributed by atoms with Crippen molar-refractivity contribution in [2.75, 3.05) is 7.18 Å². The fourth-order valence-electron chi connectivity index (χ4n) is 0.261. The molecule has 0 amide bonds. The van der Waals surface area contributed by atoms with E-state index in [0.717, 1.165) is 6.08 Å². The molecule has 0 heterocycles. The third-order valence-corrected chi connectivity index (χ3v) is 0.800. The van der Waals surface area contributed by atoms with Crippen LogP contribution >= 0.6 is 11.6 Å². The molecule has 0 rings (SSSR count). The molecule has 0 saturated carbocycles. The molecule has 0 aromatic heterocycles. The van der Waals surface area contributed by atoms with Gasteiger partial charge in [-0.3, -0.25) is 4.39 Å². The molecule has 3 heteroatoms. The Hall–Kier alpha value is -0.630. The van der Waals surface area contributed by atoms with E-state index in [-0.39, 0.29) is 5.03 Å². The molecule has 0 atom stereocenters. The minimum Gasteiger partial charge on any atom is -0.255 e. The Balaban J connectivity index is 0. The van der Waals surface area contributed by atoms with Crippen LogP contribution in [0.25, 0.3) is 0 Å². The summed E-state index contributed by atoms with van der Waals surface area (Å²) in [5.74, 6) is -0.421. The van der Waals surface area contributed by atoms with Crippen LogP contribution in [0.5, 0.6) is 0 Å². The lowest BCUT2D eigenvalue weighted by molar-refractivity contribution is 0.636. The summed E-state index contributed by atoms with van der Waals surface area (Å²) in [6.07, 6.45) is 1.13. The first-order valence-electron chi connectivity index (χ1n) is 2.79. The average Bonchev–Trinajstić information content (AvgIpc) is 1.90. The molecule has 0 fully saturated rings. The first-order valence-corrected chi connectivity index (χ1v) is 3.17. The maximum atomic E-state index is 12.4. The topological polar surface area (TPSA) is 0 Å². The number of allylic oxidation sites excluding steroid dienone is 4. The summed E-state index contributed by atoms with van der Waals surface area (Å²) >= 11 is 5.26. The molecule has 64 valence electrons. The van der Waals surface area contributed by atoms with Gasteiger partial charge in [0.05, 0.1) is 7.18 Å². The van der Waals surface area contributed by atoms with Crippen molar-refractivity contribution in [1.29, 1.82) is 0 Å². The zero-order valence-electron chi connectivity index (χ0n) is 6.63. The van der Waals surface area contributed by atoms with Crippen LogP contribution in [-0.2, 0) is 0 Å². The van der Waals surface area contributed by atoms with Gasteiger partial charge in [0.15, 0.2) is 0 Å². The van der Waals surface area contributed by atoms with Gasteiger partial charge in [-0.05, 0) is 18.6 Å². The minimum absolute atomic E-state index is 0.176. The van der Waals surface area contributed by atoms with Crippen LogP contribution in [0, 0.1) is 0 Å². The van der Waals surface area contributed by atoms with Crippen LogP contribution in [0.3, 0.4) is 0 Å². The zero-order chi connectivity index (χ0) is 9.44. The SMILES string of the molecule is C=C(Cl)/C=C(/F)C(=C)C.CF. The summed E-state index contributed by atoms with van der Waals surface area (Å²) in [6.45, 7) is 8.21. The van der Waals surface area contributed by atoms with Crippen molar-refractivity contribution in [2.45, 2.75) is 6.92 Å². The Morgan fingerprint density at radius 2 is 1.73 bits per heavy atom. The molecule has 0 N–H and O–H groups in total. The lowest BCUT2D eigenvalue weighted by Gasteiger charge is -1.90. The second kappa shape index (κ2) is 7.48. The van der Waals surface area contributed by atoms with E-state index in [1.54, 1.807) is 6.92 Å². The second-order valence-corrected chi connectivity index (χ2v) is 2.20. The molecular weight excluding hydrogens is 170 g/mol. The summed E-state index contributed by atoms with van der Waals surface area (Å²) in [4.78, 5) is 0. The van der Waals surface area contributed by atoms with Crippen molar-refractivity contribution in [1.82, 2.24) is 0 Å². The van der Waals surface area contributed by atoms with Crippen molar-refractivity contribution in [3.63, 3.8) is 0 Å². The predicted octanol–water partition coefficient (Wildman–Crippen LogP) is 3.75. The molecular formula is C8H11ClF2. The minimum atomic E-state index is -0.421. The largest absolute Gasteiger partial charge is 0.255 e. The highest BCUT2D eigenvalue weighted by atomic mass is 35.5. The van der Waals surface area contributed by atoms with E-state index in [4.69, 9.17) is 11.6 Å². The van der Waals surface area contributed by atoms with E-state index in [2.05, 4.69) is 13.2 Å². The van der Waals surface area contributed by atoms with E-state index in [0.29, 0.717) is 12.8 Å². The van der Waals surface area contributed by atoms with Gasteiger partial charge in [-0.1, -0.05) is 24.8 Å². The molecule has 0 aliphatic carbocycles. The van der Waals surface area contributed by atoms with Crippen LogP contribution in [0.15, 0.2) is 35.7 Å². The number of hydrogen-bond donors (Lipinski definition) is 0. The number of halogens is 3. The van der Waals surface area contributed by atoms with Gasteiger partial charge < -0.3 is 0 Å². The van der Waals surface area contributed by atoms with Crippen molar-refractivity contribution in [3.05, 3.63) is 35.7 Å². The molecule has 0 aliphatic heterocycles. The van der Waals surface area contributed by atoms with Crippen molar-refractivity contribution in [3.8, 4) is 0 Å². The number of hydrogen-bond acceptors (Lipinski definition) is 0. The van der Waals surface area contributed by atoms with Crippen LogP contribution in [0.1, 0.15) is 6.92 Å². The van der Waals surface area contributed by atoms with Crippen molar-refractivity contribution in [2.24, 2.45) is 0 Å². The van der Waals surface area contributed by atoms with Gasteiger partial charge in [0.1, 0.15) is 5.83 Å². The van der Waals surface area contributed by atoms with Crippen LogP contribution in [0.2, 0.25) is 0 Å². The van der Waals surface area contributed by atoms with E-state index >= 15 is 0 Å². The quantitative estimate of drug-likeness (QED) is 0.568. The Kier molecular flexibility index (Phi) is 8.83. The Morgan fingerprint density at radius 1 is 1.36 bits per heavy atom. The van der Waals surface area contributed by atoms with Crippen LogP contribution < -0.4 is 0 Å².